The summed E-state index contributed by atoms with van der Waals surface area (Å²) in [4.78, 5) is 30.5. The van der Waals surface area contributed by atoms with Gasteiger partial charge in [0.25, 0.3) is 11.5 Å². The van der Waals surface area contributed by atoms with Crippen molar-refractivity contribution in [3.63, 3.8) is 0 Å². The van der Waals surface area contributed by atoms with Gasteiger partial charge in [-0.05, 0) is 54.4 Å². The number of fused-ring (bicyclic) bond motifs is 1. The van der Waals surface area contributed by atoms with Gasteiger partial charge in [-0.1, -0.05) is 65.3 Å². The monoisotopic (exact) mass is 536 g/mol. The summed E-state index contributed by atoms with van der Waals surface area (Å²) in [5.74, 6) is 0.415. The summed E-state index contributed by atoms with van der Waals surface area (Å²) >= 11 is 4.99. The lowest BCUT2D eigenvalue weighted by Crippen LogP contribution is -2.23. The molecule has 34 heavy (non-hydrogen) atoms. The third-order valence-corrected chi connectivity index (χ3v) is 6.95. The number of para-hydroxylation sites is 2. The second kappa shape index (κ2) is 10.9. The highest BCUT2D eigenvalue weighted by Crippen LogP contribution is 2.25. The standard InChI is InChI=1S/C26H25BrN4O2S/c1-2-3-14-31-25(33)20-13-12-19(27)15-23(20)30-26(31)34-16-17-8-10-18(11-9-17)24(32)29-22-7-5-4-6-21(22)28/h4-13,15H,2-3,14,16,28H2,1H3,(H,29,32). The van der Waals surface area contributed by atoms with E-state index < -0.39 is 0 Å². The van der Waals surface area contributed by atoms with E-state index in [0.29, 0.717) is 45.3 Å². The first-order valence-corrected chi connectivity index (χ1v) is 12.8. The zero-order chi connectivity index (χ0) is 24.1. The smallest absolute Gasteiger partial charge is 0.262 e. The molecule has 0 fully saturated rings. The Hall–Kier alpha value is -3.10. The number of hydrogen-bond acceptors (Lipinski definition) is 5. The van der Waals surface area contributed by atoms with E-state index in [2.05, 4.69) is 28.2 Å². The SMILES string of the molecule is CCCCn1c(SCc2ccc(C(=O)Nc3ccccc3N)cc2)nc2cc(Br)ccc2c1=O. The van der Waals surface area contributed by atoms with Crippen LogP contribution in [0.15, 0.2) is 81.2 Å². The molecule has 3 aromatic carbocycles. The number of thioether (sulfide) groups is 1. The fourth-order valence-corrected chi connectivity index (χ4v) is 4.83. The summed E-state index contributed by atoms with van der Waals surface area (Å²) in [5.41, 5.74) is 9.27. The van der Waals surface area contributed by atoms with Gasteiger partial charge in [-0.15, -0.1) is 0 Å². The maximum atomic E-state index is 13.1. The van der Waals surface area contributed by atoms with Crippen LogP contribution < -0.4 is 16.6 Å². The van der Waals surface area contributed by atoms with Crippen LogP contribution in [-0.4, -0.2) is 15.5 Å². The third kappa shape index (κ3) is 5.51. The quantitative estimate of drug-likeness (QED) is 0.161. The molecule has 0 saturated carbocycles. The van der Waals surface area contributed by atoms with Crippen LogP contribution in [-0.2, 0) is 12.3 Å². The number of carbonyl (C=O) groups is 1. The van der Waals surface area contributed by atoms with E-state index in [-0.39, 0.29) is 11.5 Å². The number of halogens is 1. The first kappa shape index (κ1) is 24.0. The number of aromatic nitrogens is 2. The molecule has 0 spiro atoms. The first-order valence-electron chi connectivity index (χ1n) is 11.0. The average Bonchev–Trinajstić information content (AvgIpc) is 2.84. The number of amides is 1. The van der Waals surface area contributed by atoms with Gasteiger partial charge in [0.1, 0.15) is 0 Å². The number of nitrogens with two attached hydrogens (primary N) is 1. The van der Waals surface area contributed by atoms with Crippen molar-refractivity contribution in [1.29, 1.82) is 0 Å². The lowest BCUT2D eigenvalue weighted by atomic mass is 10.1. The molecular formula is C26H25BrN4O2S. The van der Waals surface area contributed by atoms with Crippen molar-refractivity contribution in [3.8, 4) is 0 Å². The van der Waals surface area contributed by atoms with E-state index >= 15 is 0 Å². The van der Waals surface area contributed by atoms with E-state index in [4.69, 9.17) is 10.7 Å². The number of unbranched alkanes of at least 4 members (excludes halogenated alkanes) is 1. The molecule has 0 bridgehead atoms. The predicted molar refractivity (Wildman–Crippen MR) is 143 cm³/mol. The van der Waals surface area contributed by atoms with Gasteiger partial charge < -0.3 is 11.1 Å². The molecule has 4 aromatic rings. The van der Waals surface area contributed by atoms with Crippen molar-refractivity contribution in [3.05, 3.63) is 92.7 Å². The van der Waals surface area contributed by atoms with E-state index in [1.807, 2.05) is 42.5 Å². The van der Waals surface area contributed by atoms with Gasteiger partial charge in [-0.25, -0.2) is 4.98 Å². The number of nitrogen functional groups attached to an aromatic ring is 1. The molecule has 174 valence electrons. The van der Waals surface area contributed by atoms with Gasteiger partial charge in [0.15, 0.2) is 5.16 Å². The van der Waals surface area contributed by atoms with Crippen LogP contribution in [0.5, 0.6) is 0 Å². The number of nitrogens with one attached hydrogen (secondary N) is 1. The van der Waals surface area contributed by atoms with Crippen LogP contribution in [0.1, 0.15) is 35.7 Å². The number of benzene rings is 3. The van der Waals surface area contributed by atoms with Gasteiger partial charge in [0, 0.05) is 22.3 Å². The Bertz CT molecular complexity index is 1390. The van der Waals surface area contributed by atoms with Crippen molar-refractivity contribution in [2.24, 2.45) is 0 Å². The van der Waals surface area contributed by atoms with Crippen molar-refractivity contribution in [2.75, 3.05) is 11.1 Å². The zero-order valence-corrected chi connectivity index (χ0v) is 21.2. The Morgan fingerprint density at radius 2 is 1.88 bits per heavy atom. The van der Waals surface area contributed by atoms with Crippen molar-refractivity contribution >= 4 is 55.9 Å². The fourth-order valence-electron chi connectivity index (χ4n) is 3.50. The Labute approximate surface area is 210 Å². The number of anilines is 2. The van der Waals surface area contributed by atoms with Crippen molar-refractivity contribution in [1.82, 2.24) is 9.55 Å². The molecule has 1 heterocycles. The minimum absolute atomic E-state index is 0.0133. The highest BCUT2D eigenvalue weighted by atomic mass is 79.9. The first-order chi connectivity index (χ1) is 16.5. The highest BCUT2D eigenvalue weighted by molar-refractivity contribution is 9.10. The number of rotatable bonds is 8. The fraction of sp³-hybridized carbons (Fsp3) is 0.192. The van der Waals surface area contributed by atoms with E-state index in [0.717, 1.165) is 22.9 Å². The lowest BCUT2D eigenvalue weighted by Gasteiger charge is -2.13. The lowest BCUT2D eigenvalue weighted by molar-refractivity contribution is 0.102. The van der Waals surface area contributed by atoms with Crippen LogP contribution in [0, 0.1) is 0 Å². The zero-order valence-electron chi connectivity index (χ0n) is 18.8. The van der Waals surface area contributed by atoms with E-state index in [9.17, 15) is 9.59 Å². The third-order valence-electron chi connectivity index (χ3n) is 5.41. The van der Waals surface area contributed by atoms with E-state index in [1.54, 1.807) is 28.8 Å². The van der Waals surface area contributed by atoms with Gasteiger partial charge in [0.05, 0.1) is 22.3 Å². The Morgan fingerprint density at radius 3 is 2.62 bits per heavy atom. The van der Waals surface area contributed by atoms with Gasteiger partial charge in [-0.2, -0.15) is 0 Å². The minimum atomic E-state index is -0.215. The molecule has 0 aliphatic rings. The molecule has 0 unspecified atom stereocenters. The number of hydrogen-bond donors (Lipinski definition) is 2. The summed E-state index contributed by atoms with van der Waals surface area (Å²) < 4.78 is 2.66. The Morgan fingerprint density at radius 1 is 1.12 bits per heavy atom. The Balaban J connectivity index is 1.51. The van der Waals surface area contributed by atoms with Crippen molar-refractivity contribution in [2.45, 2.75) is 37.2 Å². The minimum Gasteiger partial charge on any atom is -0.397 e. The molecule has 0 aliphatic carbocycles. The van der Waals surface area contributed by atoms with Gasteiger partial charge in [-0.3, -0.25) is 14.2 Å². The predicted octanol–water partition coefficient (Wildman–Crippen LogP) is 6.09. The molecule has 1 aromatic heterocycles. The molecule has 8 heteroatoms. The van der Waals surface area contributed by atoms with E-state index in [1.165, 1.54) is 11.8 Å². The van der Waals surface area contributed by atoms with Gasteiger partial charge in [0.2, 0.25) is 0 Å². The largest absolute Gasteiger partial charge is 0.397 e. The molecule has 4 rings (SSSR count). The summed E-state index contributed by atoms with van der Waals surface area (Å²) in [7, 11) is 0. The normalized spacial score (nSPS) is 11.0. The molecule has 0 radical (unpaired) electrons. The van der Waals surface area contributed by atoms with Crippen LogP contribution in [0.3, 0.4) is 0 Å². The van der Waals surface area contributed by atoms with Crippen LogP contribution in [0.4, 0.5) is 11.4 Å². The maximum absolute atomic E-state index is 13.1. The molecular weight excluding hydrogens is 512 g/mol. The molecule has 6 nitrogen and oxygen atoms in total. The van der Waals surface area contributed by atoms with Crippen molar-refractivity contribution < 1.29 is 4.79 Å². The second-order valence-electron chi connectivity index (χ2n) is 7.89. The molecule has 0 aliphatic heterocycles. The Kier molecular flexibility index (Phi) is 7.70. The second-order valence-corrected chi connectivity index (χ2v) is 9.75. The average molecular weight is 537 g/mol. The summed E-state index contributed by atoms with van der Waals surface area (Å²) in [6.07, 6.45) is 1.90. The molecule has 1 amide bonds. The molecule has 0 atom stereocenters. The maximum Gasteiger partial charge on any atom is 0.262 e. The van der Waals surface area contributed by atoms with Crippen LogP contribution >= 0.6 is 27.7 Å². The molecule has 0 saturated heterocycles. The summed E-state index contributed by atoms with van der Waals surface area (Å²) in [6.45, 7) is 2.74. The summed E-state index contributed by atoms with van der Waals surface area (Å²) in [5, 5.41) is 4.16. The summed E-state index contributed by atoms with van der Waals surface area (Å²) in [6, 6.07) is 20.1. The number of carbonyl (C=O) groups excluding carboxylic acids is 1. The van der Waals surface area contributed by atoms with Crippen LogP contribution in [0.25, 0.3) is 10.9 Å². The van der Waals surface area contributed by atoms with Crippen LogP contribution in [0.2, 0.25) is 0 Å². The van der Waals surface area contributed by atoms with Gasteiger partial charge >= 0.3 is 0 Å². The molecule has 3 N–H and O–H groups in total. The highest BCUT2D eigenvalue weighted by Gasteiger charge is 2.13. The topological polar surface area (TPSA) is 90.0 Å². The number of nitrogens with zero attached hydrogens (tertiary/aromatic N) is 2.